The highest BCUT2D eigenvalue weighted by Crippen LogP contribution is 2.17. The molecule has 0 aliphatic carbocycles. The molecule has 0 aliphatic heterocycles. The minimum Gasteiger partial charge on any atom is -0.464 e. The van der Waals surface area contributed by atoms with E-state index in [4.69, 9.17) is 4.74 Å². The number of rotatable bonds is 11. The van der Waals surface area contributed by atoms with Gasteiger partial charge in [-0.15, -0.1) is 10.1 Å². The summed E-state index contributed by atoms with van der Waals surface area (Å²) in [5.74, 6) is -1.53. The van der Waals surface area contributed by atoms with Gasteiger partial charge in [0.1, 0.15) is 12.6 Å². The van der Waals surface area contributed by atoms with Crippen molar-refractivity contribution >= 4 is 30.1 Å². The van der Waals surface area contributed by atoms with Crippen LogP contribution in [0.3, 0.4) is 0 Å². The predicted molar refractivity (Wildman–Crippen MR) is 85.9 cm³/mol. The van der Waals surface area contributed by atoms with Crippen LogP contribution in [0.25, 0.3) is 0 Å². The molecule has 1 N–H and O–H groups in total. The van der Waals surface area contributed by atoms with Crippen molar-refractivity contribution in [1.29, 1.82) is 0 Å². The summed E-state index contributed by atoms with van der Waals surface area (Å²) in [5.41, 5.74) is -1.27. The minimum atomic E-state index is -1.27. The first-order valence-corrected chi connectivity index (χ1v) is 8.26. The lowest BCUT2D eigenvalue weighted by molar-refractivity contribution is -0.760. The maximum absolute atomic E-state index is 12.2. The number of carbonyl (C=O) groups excluding carboxylic acids is 3. The third-order valence-electron chi connectivity index (χ3n) is 2.65. The molecule has 0 aromatic rings. The van der Waals surface area contributed by atoms with Gasteiger partial charge in [0.15, 0.2) is 0 Å². The van der Waals surface area contributed by atoms with Crippen molar-refractivity contribution in [2.24, 2.45) is 5.41 Å². The van der Waals surface area contributed by atoms with Crippen LogP contribution in [-0.4, -0.2) is 54.7 Å². The van der Waals surface area contributed by atoms with Gasteiger partial charge in [0.2, 0.25) is 5.91 Å². The molecule has 0 saturated heterocycles. The molecule has 0 aromatic heterocycles. The van der Waals surface area contributed by atoms with Gasteiger partial charge >= 0.3 is 12.1 Å². The molecule has 0 rings (SSSR count). The Balaban J connectivity index is 4.75. The third kappa shape index (κ3) is 9.59. The minimum absolute atomic E-state index is 0.0857. The average molecular weight is 382 g/mol. The fourth-order valence-corrected chi connectivity index (χ4v) is 1.90. The lowest BCUT2D eigenvalue weighted by Gasteiger charge is -2.25. The number of nitrogens with zero attached hydrogens (tertiary/aromatic N) is 1. The largest absolute Gasteiger partial charge is 0.520 e. The molecule has 12 heteroatoms. The molecule has 144 valence electrons. The number of carbonyl (C=O) groups is 3. The van der Waals surface area contributed by atoms with E-state index in [1.54, 1.807) is 13.8 Å². The van der Waals surface area contributed by atoms with Gasteiger partial charge in [0.05, 0.1) is 36.4 Å². The van der Waals surface area contributed by atoms with E-state index in [-0.39, 0.29) is 19.0 Å². The Hall–Kier alpha value is -2.24. The standard InChI is InChI=1S/C13H22N2O9S/c1-5-21-10(16)9(7-25-24-12(18)22-6-2)14-11(17)13(3,4)8-23-15(19)20/h9H,5-8H2,1-4H3,(H,14,17). The molecule has 11 nitrogen and oxygen atoms in total. The second-order valence-corrected chi connectivity index (χ2v) is 5.95. The fourth-order valence-electron chi connectivity index (χ4n) is 1.34. The Morgan fingerprint density at radius 3 is 2.32 bits per heavy atom. The van der Waals surface area contributed by atoms with Gasteiger partial charge in [0, 0.05) is 0 Å². The highest BCUT2D eigenvalue weighted by molar-refractivity contribution is 7.95. The Morgan fingerprint density at radius 2 is 1.80 bits per heavy atom. The van der Waals surface area contributed by atoms with Crippen LogP contribution < -0.4 is 5.32 Å². The normalized spacial score (nSPS) is 11.8. The molecule has 0 aromatic carbocycles. The van der Waals surface area contributed by atoms with E-state index in [1.165, 1.54) is 13.8 Å². The monoisotopic (exact) mass is 382 g/mol. The average Bonchev–Trinajstić information content (AvgIpc) is 2.52. The molecule has 0 spiro atoms. The van der Waals surface area contributed by atoms with Gasteiger partial charge in [-0.1, -0.05) is 0 Å². The maximum atomic E-state index is 12.2. The molecule has 25 heavy (non-hydrogen) atoms. The summed E-state index contributed by atoms with van der Waals surface area (Å²) in [4.78, 5) is 49.7. The molecule has 1 unspecified atom stereocenters. The van der Waals surface area contributed by atoms with E-state index in [2.05, 4.69) is 19.1 Å². The van der Waals surface area contributed by atoms with Crippen molar-refractivity contribution in [2.45, 2.75) is 33.7 Å². The fraction of sp³-hybridized carbons (Fsp3) is 0.769. The van der Waals surface area contributed by atoms with Gasteiger partial charge in [0.25, 0.3) is 5.09 Å². The smallest absolute Gasteiger partial charge is 0.464 e. The number of amides is 1. The highest BCUT2D eigenvalue weighted by atomic mass is 32.2. The molecular formula is C13H22N2O9S. The van der Waals surface area contributed by atoms with E-state index in [0.29, 0.717) is 12.0 Å². The van der Waals surface area contributed by atoms with Gasteiger partial charge in [-0.3, -0.25) is 4.79 Å². The summed E-state index contributed by atoms with van der Waals surface area (Å²) in [6.45, 7) is 5.74. The van der Waals surface area contributed by atoms with Crippen LogP contribution in [0, 0.1) is 15.5 Å². The van der Waals surface area contributed by atoms with Crippen LogP contribution >= 0.6 is 12.0 Å². The van der Waals surface area contributed by atoms with Gasteiger partial charge in [-0.25, -0.2) is 9.59 Å². The van der Waals surface area contributed by atoms with Crippen LogP contribution in [-0.2, 0) is 28.1 Å². The van der Waals surface area contributed by atoms with Crippen LogP contribution in [0.1, 0.15) is 27.7 Å². The zero-order valence-corrected chi connectivity index (χ0v) is 15.3. The van der Waals surface area contributed by atoms with Gasteiger partial charge < -0.3 is 23.8 Å². The summed E-state index contributed by atoms with van der Waals surface area (Å²) in [6.07, 6.45) is -0.929. The first-order valence-electron chi connectivity index (χ1n) is 7.35. The zero-order valence-electron chi connectivity index (χ0n) is 14.4. The van der Waals surface area contributed by atoms with Crippen LogP contribution in [0.5, 0.6) is 0 Å². The second-order valence-electron chi connectivity index (χ2n) is 5.21. The molecule has 0 saturated carbocycles. The Kier molecular flexibility index (Phi) is 10.3. The van der Waals surface area contributed by atoms with E-state index >= 15 is 0 Å². The summed E-state index contributed by atoms with van der Waals surface area (Å²) in [5, 5.41) is 11.6. The Bertz CT molecular complexity index is 484. The number of esters is 1. The quantitative estimate of drug-likeness (QED) is 0.239. The lowest BCUT2D eigenvalue weighted by atomic mass is 9.93. The second kappa shape index (κ2) is 11.3. The summed E-state index contributed by atoms with van der Waals surface area (Å²) in [6, 6.07) is -1.12. The Morgan fingerprint density at radius 1 is 1.20 bits per heavy atom. The molecule has 0 heterocycles. The molecule has 0 aliphatic rings. The number of hydrogen-bond donors (Lipinski definition) is 1. The van der Waals surface area contributed by atoms with Crippen molar-refractivity contribution in [3.05, 3.63) is 10.1 Å². The van der Waals surface area contributed by atoms with Crippen LogP contribution in [0.4, 0.5) is 4.79 Å². The topological polar surface area (TPSA) is 143 Å². The highest BCUT2D eigenvalue weighted by Gasteiger charge is 2.33. The van der Waals surface area contributed by atoms with Crippen molar-refractivity contribution in [1.82, 2.24) is 5.32 Å². The lowest BCUT2D eigenvalue weighted by Crippen LogP contribution is -2.50. The Labute approximate surface area is 149 Å². The summed E-state index contributed by atoms with van der Waals surface area (Å²) in [7, 11) is 0. The van der Waals surface area contributed by atoms with Crippen molar-refractivity contribution in [3.63, 3.8) is 0 Å². The van der Waals surface area contributed by atoms with Crippen molar-refractivity contribution in [3.8, 4) is 0 Å². The molecule has 1 amide bonds. The van der Waals surface area contributed by atoms with Crippen molar-refractivity contribution < 1.29 is 38.0 Å². The maximum Gasteiger partial charge on any atom is 0.520 e. The van der Waals surface area contributed by atoms with Gasteiger partial charge in [-0.2, -0.15) is 0 Å². The van der Waals surface area contributed by atoms with Crippen LogP contribution in [0.15, 0.2) is 0 Å². The first-order chi connectivity index (χ1) is 11.6. The molecule has 0 radical (unpaired) electrons. The molecule has 0 bridgehead atoms. The number of ether oxygens (including phenoxy) is 2. The number of hydrogen-bond acceptors (Lipinski definition) is 10. The predicted octanol–water partition coefficient (Wildman–Crippen LogP) is 1.09. The molecule has 0 fully saturated rings. The van der Waals surface area contributed by atoms with Crippen LogP contribution in [0.2, 0.25) is 0 Å². The zero-order chi connectivity index (χ0) is 19.5. The number of nitrogens with one attached hydrogen (secondary N) is 1. The third-order valence-corrected chi connectivity index (χ3v) is 3.37. The van der Waals surface area contributed by atoms with E-state index in [1.807, 2.05) is 0 Å². The molecule has 1 atom stereocenters. The summed E-state index contributed by atoms with van der Waals surface area (Å²) < 4.78 is 14.1. The van der Waals surface area contributed by atoms with Gasteiger partial charge in [-0.05, 0) is 27.7 Å². The first kappa shape index (κ1) is 22.8. The SMILES string of the molecule is CCOC(=O)OSCC(NC(=O)C(C)(C)CO[N+](=O)[O-])C(=O)OCC. The molecular weight excluding hydrogens is 360 g/mol. The van der Waals surface area contributed by atoms with E-state index in [0.717, 1.165) is 0 Å². The van der Waals surface area contributed by atoms with Crippen molar-refractivity contribution in [2.75, 3.05) is 25.6 Å². The summed E-state index contributed by atoms with van der Waals surface area (Å²) >= 11 is 0.605. The van der Waals surface area contributed by atoms with E-state index in [9.17, 15) is 24.5 Å². The van der Waals surface area contributed by atoms with E-state index < -0.39 is 41.2 Å².